The molecule has 4 rings (SSSR count). The molecule has 1 fully saturated rings. The van der Waals surface area contributed by atoms with E-state index in [4.69, 9.17) is 0 Å². The Morgan fingerprint density at radius 3 is 2.52 bits per heavy atom. The number of hydrogen-bond acceptors (Lipinski definition) is 4. The minimum atomic E-state index is -0.330. The van der Waals surface area contributed by atoms with Crippen molar-refractivity contribution in [2.45, 2.75) is 24.3 Å². The molecule has 29 heavy (non-hydrogen) atoms. The number of nitrogens with one attached hydrogen (secondary N) is 1. The lowest BCUT2D eigenvalue weighted by Crippen LogP contribution is -2.38. The molecule has 0 radical (unpaired) electrons. The van der Waals surface area contributed by atoms with Crippen LogP contribution in [0.1, 0.15) is 28.8 Å². The van der Waals surface area contributed by atoms with Crippen LogP contribution in [0.2, 0.25) is 0 Å². The Hall–Kier alpha value is -2.44. The van der Waals surface area contributed by atoms with Crippen LogP contribution in [0.5, 0.6) is 0 Å². The van der Waals surface area contributed by atoms with Gasteiger partial charge in [-0.25, -0.2) is 4.39 Å². The first-order valence-corrected chi connectivity index (χ1v) is 10.3. The summed E-state index contributed by atoms with van der Waals surface area (Å²) in [6.07, 6.45) is 2.17. The number of benzene rings is 2. The molecule has 1 aliphatic rings. The Labute approximate surface area is 174 Å². The maximum atomic E-state index is 13.1. The van der Waals surface area contributed by atoms with Crippen LogP contribution in [-0.2, 0) is 6.42 Å². The van der Waals surface area contributed by atoms with Crippen molar-refractivity contribution in [1.82, 2.24) is 9.88 Å². The van der Waals surface area contributed by atoms with Crippen molar-refractivity contribution >= 4 is 29.3 Å². The van der Waals surface area contributed by atoms with Gasteiger partial charge in [-0.15, -0.1) is 12.6 Å². The second kappa shape index (κ2) is 8.51. The third-order valence-corrected chi connectivity index (χ3v) is 6.13. The minimum absolute atomic E-state index is 0.0266. The zero-order valence-corrected chi connectivity index (χ0v) is 16.9. The molecule has 0 atom stereocenters. The normalized spacial score (nSPS) is 15.7. The number of aromatic nitrogens is 1. The number of carbonyl (C=O) groups is 1. The Morgan fingerprint density at radius 1 is 1.10 bits per heavy atom. The van der Waals surface area contributed by atoms with Gasteiger partial charge < -0.3 is 9.88 Å². The number of nitrogens with zero attached hydrogens (tertiary/aromatic N) is 1. The second-order valence-electron chi connectivity index (χ2n) is 7.56. The molecule has 3 aromatic rings. The number of Topliss-reactive ketones (excluding diaryl/α,β-unsaturated/α-hetero) is 1. The van der Waals surface area contributed by atoms with Gasteiger partial charge in [0.15, 0.2) is 11.2 Å². The van der Waals surface area contributed by atoms with E-state index < -0.39 is 0 Å². The topological polar surface area (TPSA) is 53.2 Å². The number of carbonyl (C=O) groups excluding carboxylic acids is 1. The number of thiol groups is 1. The van der Waals surface area contributed by atoms with E-state index in [0.717, 1.165) is 38.0 Å². The number of pyridine rings is 1. The summed E-state index contributed by atoms with van der Waals surface area (Å²) in [6.45, 7) is 2.38. The molecule has 4 nitrogen and oxygen atoms in total. The third-order valence-electron chi connectivity index (χ3n) is 5.75. The summed E-state index contributed by atoms with van der Waals surface area (Å²) < 4.78 is 13.1. The smallest absolute Gasteiger partial charge is 0.193 e. The summed E-state index contributed by atoms with van der Waals surface area (Å²) in [7, 11) is 0. The summed E-state index contributed by atoms with van der Waals surface area (Å²) in [6, 6.07) is 13.2. The van der Waals surface area contributed by atoms with Gasteiger partial charge in [-0.1, -0.05) is 12.1 Å². The summed E-state index contributed by atoms with van der Waals surface area (Å²) >= 11 is 4.48. The van der Waals surface area contributed by atoms with Gasteiger partial charge in [0.2, 0.25) is 0 Å². The van der Waals surface area contributed by atoms with Gasteiger partial charge in [0.1, 0.15) is 5.82 Å². The molecule has 1 aliphatic heterocycles. The van der Waals surface area contributed by atoms with Gasteiger partial charge >= 0.3 is 0 Å². The van der Waals surface area contributed by atoms with Crippen molar-refractivity contribution in [3.8, 4) is 0 Å². The molecule has 0 bridgehead atoms. The zero-order valence-electron chi connectivity index (χ0n) is 16.0. The molecule has 150 valence electrons. The molecule has 0 amide bonds. The number of halogens is 1. The molecular formula is C23H23FN2O2S. The minimum Gasteiger partial charge on any atom is -0.349 e. The van der Waals surface area contributed by atoms with E-state index in [1.165, 1.54) is 12.1 Å². The maximum absolute atomic E-state index is 13.1. The fourth-order valence-corrected chi connectivity index (χ4v) is 4.37. The van der Waals surface area contributed by atoms with Gasteiger partial charge in [-0.05, 0) is 68.8 Å². The molecule has 6 heteroatoms. The number of rotatable bonds is 5. The maximum Gasteiger partial charge on any atom is 0.193 e. The van der Waals surface area contributed by atoms with E-state index in [1.54, 1.807) is 12.1 Å². The zero-order chi connectivity index (χ0) is 20.4. The number of aromatic amines is 1. The lowest BCUT2D eigenvalue weighted by atomic mass is 9.89. The first-order chi connectivity index (χ1) is 14.0. The van der Waals surface area contributed by atoms with Gasteiger partial charge in [0.25, 0.3) is 0 Å². The Morgan fingerprint density at radius 2 is 1.79 bits per heavy atom. The number of ketones is 1. The highest BCUT2D eigenvalue weighted by atomic mass is 32.1. The molecule has 1 N–H and O–H groups in total. The first-order valence-electron chi connectivity index (χ1n) is 9.88. The van der Waals surface area contributed by atoms with Gasteiger partial charge in [-0.2, -0.15) is 0 Å². The van der Waals surface area contributed by atoms with Crippen LogP contribution in [0.4, 0.5) is 4.39 Å². The number of hydrogen-bond donors (Lipinski definition) is 2. The fraction of sp³-hybridized carbons (Fsp3) is 0.304. The van der Waals surface area contributed by atoms with Crippen molar-refractivity contribution in [3.05, 3.63) is 75.7 Å². The molecule has 1 saturated heterocycles. The summed E-state index contributed by atoms with van der Waals surface area (Å²) in [4.78, 5) is 30.9. The molecule has 0 spiro atoms. The molecule has 2 aromatic carbocycles. The number of piperidine rings is 1. The number of para-hydroxylation sites is 1. The van der Waals surface area contributed by atoms with Crippen molar-refractivity contribution in [2.24, 2.45) is 5.92 Å². The molecule has 0 saturated carbocycles. The first kappa shape index (κ1) is 19.9. The third kappa shape index (κ3) is 4.28. The van der Waals surface area contributed by atoms with Crippen molar-refractivity contribution in [2.75, 3.05) is 19.6 Å². The second-order valence-corrected chi connectivity index (χ2v) is 8.01. The lowest BCUT2D eigenvalue weighted by molar-refractivity contribution is 0.0841. The van der Waals surface area contributed by atoms with E-state index in [-0.39, 0.29) is 22.9 Å². The van der Waals surface area contributed by atoms with Crippen molar-refractivity contribution < 1.29 is 9.18 Å². The summed E-state index contributed by atoms with van der Waals surface area (Å²) in [5, 5.41) is 1.30. The van der Waals surface area contributed by atoms with E-state index >= 15 is 0 Å². The molecule has 2 heterocycles. The van der Waals surface area contributed by atoms with Crippen LogP contribution in [0.15, 0.2) is 58.4 Å². The van der Waals surface area contributed by atoms with E-state index in [9.17, 15) is 14.0 Å². The highest BCUT2D eigenvalue weighted by Gasteiger charge is 2.26. The van der Waals surface area contributed by atoms with Crippen LogP contribution in [0.3, 0.4) is 0 Å². The highest BCUT2D eigenvalue weighted by molar-refractivity contribution is 7.80. The SMILES string of the molecule is O=C(c1ccc(F)cc1)C1CCN(CCc2c(S)[nH]c3ccccc3c2=O)CC1. The van der Waals surface area contributed by atoms with E-state index in [0.29, 0.717) is 28.0 Å². The fourth-order valence-electron chi connectivity index (χ4n) is 4.03. The summed E-state index contributed by atoms with van der Waals surface area (Å²) in [5.41, 5.74) is 2.11. The molecule has 0 aliphatic carbocycles. The average molecular weight is 411 g/mol. The van der Waals surface area contributed by atoms with E-state index in [2.05, 4.69) is 22.5 Å². The average Bonchev–Trinajstić information content (AvgIpc) is 2.74. The monoisotopic (exact) mass is 410 g/mol. The van der Waals surface area contributed by atoms with Crippen LogP contribution < -0.4 is 5.43 Å². The number of fused-ring (bicyclic) bond motifs is 1. The lowest BCUT2D eigenvalue weighted by Gasteiger charge is -2.31. The van der Waals surface area contributed by atoms with Gasteiger partial charge in [0.05, 0.1) is 10.5 Å². The van der Waals surface area contributed by atoms with Crippen molar-refractivity contribution in [1.29, 1.82) is 0 Å². The Balaban J connectivity index is 1.37. The summed E-state index contributed by atoms with van der Waals surface area (Å²) in [5.74, 6) is -0.266. The van der Waals surface area contributed by atoms with Crippen LogP contribution in [0, 0.1) is 11.7 Å². The largest absolute Gasteiger partial charge is 0.349 e. The van der Waals surface area contributed by atoms with Crippen LogP contribution in [0.25, 0.3) is 10.9 Å². The van der Waals surface area contributed by atoms with Gasteiger partial charge in [0, 0.05) is 29.0 Å². The van der Waals surface area contributed by atoms with Crippen LogP contribution >= 0.6 is 12.6 Å². The molecular weight excluding hydrogens is 387 g/mol. The highest BCUT2D eigenvalue weighted by Crippen LogP contribution is 2.23. The predicted molar refractivity (Wildman–Crippen MR) is 115 cm³/mol. The van der Waals surface area contributed by atoms with Gasteiger partial charge in [-0.3, -0.25) is 9.59 Å². The van der Waals surface area contributed by atoms with Crippen molar-refractivity contribution in [3.63, 3.8) is 0 Å². The Kier molecular flexibility index (Phi) is 5.83. The standard InChI is InChI=1S/C23H23FN2O2S/c24-17-7-5-15(6-8-17)21(27)16-9-12-26(13-10-16)14-11-19-22(28)18-3-1-2-4-20(18)25-23(19)29/h1-8,16H,9-14H2,(H2,25,28,29). The molecule has 1 aromatic heterocycles. The molecule has 0 unspecified atom stereocenters. The quantitative estimate of drug-likeness (QED) is 0.492. The van der Waals surface area contributed by atoms with Crippen LogP contribution in [-0.4, -0.2) is 35.3 Å². The predicted octanol–water partition coefficient (Wildman–Crippen LogP) is 4.09. The number of likely N-dealkylation sites (tertiary alicyclic amines) is 1. The Bertz CT molecular complexity index is 1090. The van der Waals surface area contributed by atoms with E-state index in [1.807, 2.05) is 24.3 Å². The number of H-pyrrole nitrogens is 1.